The third-order valence-electron chi connectivity index (χ3n) is 2.89. The molecule has 0 aliphatic carbocycles. The van der Waals surface area contributed by atoms with Gasteiger partial charge in [0.2, 0.25) is 0 Å². The lowest BCUT2D eigenvalue weighted by atomic mass is 10.1. The molecule has 0 saturated carbocycles. The number of rotatable bonds is 2. The van der Waals surface area contributed by atoms with Crippen LogP contribution in [0.25, 0.3) is 0 Å². The largest absolute Gasteiger partial charge is 0.322 e. The Hall–Kier alpha value is -1.74. The van der Waals surface area contributed by atoms with Gasteiger partial charge < -0.3 is 5.32 Å². The number of carbonyl (C=O) groups excluding carboxylic acids is 1. The Balaban J connectivity index is 2.16. The van der Waals surface area contributed by atoms with E-state index >= 15 is 0 Å². The Morgan fingerprint density at radius 2 is 1.67 bits per heavy atom. The van der Waals surface area contributed by atoms with Gasteiger partial charge in [0, 0.05) is 16.1 Å². The molecular weight excluding hydrogens is 242 g/mol. The molecule has 1 N–H and O–H groups in total. The minimum absolute atomic E-state index is 0.105. The van der Waals surface area contributed by atoms with Gasteiger partial charge in [-0.3, -0.25) is 4.79 Å². The fourth-order valence-corrected chi connectivity index (χ4v) is 1.78. The van der Waals surface area contributed by atoms with Crippen LogP contribution in [0.4, 0.5) is 5.69 Å². The van der Waals surface area contributed by atoms with Crippen molar-refractivity contribution < 1.29 is 4.79 Å². The second-order valence-corrected chi connectivity index (χ2v) is 4.82. The molecule has 2 aromatic rings. The Morgan fingerprint density at radius 1 is 1.00 bits per heavy atom. The van der Waals surface area contributed by atoms with Crippen molar-refractivity contribution in [3.05, 3.63) is 59.2 Å². The summed E-state index contributed by atoms with van der Waals surface area (Å²) in [6, 6.07) is 13.0. The summed E-state index contributed by atoms with van der Waals surface area (Å²) < 4.78 is 0. The summed E-state index contributed by atoms with van der Waals surface area (Å²) in [6.07, 6.45) is 0. The normalized spacial score (nSPS) is 10.2. The van der Waals surface area contributed by atoms with Gasteiger partial charge in [0.25, 0.3) is 5.91 Å². The average molecular weight is 257 g/mol. The van der Waals surface area contributed by atoms with Crippen LogP contribution in [0.3, 0.4) is 0 Å². The maximum Gasteiger partial charge on any atom is 0.255 e. The van der Waals surface area contributed by atoms with E-state index in [4.69, 9.17) is 0 Å². The molecular formula is C15H15NOS. The van der Waals surface area contributed by atoms with Gasteiger partial charge in [-0.25, -0.2) is 0 Å². The fourth-order valence-electron chi connectivity index (χ4n) is 1.64. The molecule has 0 atom stereocenters. The lowest BCUT2D eigenvalue weighted by Gasteiger charge is -2.07. The molecule has 0 heterocycles. The van der Waals surface area contributed by atoms with E-state index in [0.717, 1.165) is 10.6 Å². The van der Waals surface area contributed by atoms with E-state index in [9.17, 15) is 4.79 Å². The van der Waals surface area contributed by atoms with Crippen LogP contribution in [0.15, 0.2) is 47.4 Å². The van der Waals surface area contributed by atoms with Crippen LogP contribution in [0.2, 0.25) is 0 Å². The van der Waals surface area contributed by atoms with Crippen LogP contribution in [0.5, 0.6) is 0 Å². The van der Waals surface area contributed by atoms with Crippen molar-refractivity contribution in [2.45, 2.75) is 18.7 Å². The molecule has 18 heavy (non-hydrogen) atoms. The number of thiol groups is 1. The Labute approximate surface area is 112 Å². The summed E-state index contributed by atoms with van der Waals surface area (Å²) in [5.74, 6) is -0.105. The predicted octanol–water partition coefficient (Wildman–Crippen LogP) is 3.84. The van der Waals surface area contributed by atoms with Crippen LogP contribution >= 0.6 is 12.6 Å². The third-order valence-corrected chi connectivity index (χ3v) is 3.19. The lowest BCUT2D eigenvalue weighted by molar-refractivity contribution is 0.102. The number of benzene rings is 2. The number of aryl methyl sites for hydroxylation is 2. The molecule has 0 fully saturated rings. The number of anilines is 1. The van der Waals surface area contributed by atoms with Crippen LogP contribution in [-0.2, 0) is 0 Å². The number of amides is 1. The molecule has 92 valence electrons. The minimum atomic E-state index is -0.105. The van der Waals surface area contributed by atoms with E-state index in [1.165, 1.54) is 11.1 Å². The molecule has 0 aliphatic heterocycles. The standard InChI is InChI=1S/C15H15NOS/c1-10-3-6-13(9-11(10)2)16-15(17)12-4-7-14(18)8-5-12/h3-9,18H,1-2H3,(H,16,17). The van der Waals surface area contributed by atoms with Crippen molar-refractivity contribution in [2.75, 3.05) is 5.32 Å². The summed E-state index contributed by atoms with van der Waals surface area (Å²) in [5.41, 5.74) is 3.83. The molecule has 0 unspecified atom stereocenters. The molecule has 0 aromatic heterocycles. The van der Waals surface area contributed by atoms with Crippen molar-refractivity contribution >= 4 is 24.2 Å². The molecule has 2 aromatic carbocycles. The van der Waals surface area contributed by atoms with E-state index in [1.807, 2.05) is 32.0 Å². The van der Waals surface area contributed by atoms with E-state index in [2.05, 4.69) is 17.9 Å². The van der Waals surface area contributed by atoms with E-state index in [1.54, 1.807) is 24.3 Å². The zero-order valence-corrected chi connectivity index (χ0v) is 11.3. The van der Waals surface area contributed by atoms with Gasteiger partial charge in [0.05, 0.1) is 0 Å². The van der Waals surface area contributed by atoms with Crippen molar-refractivity contribution in [2.24, 2.45) is 0 Å². The van der Waals surface area contributed by atoms with Crippen molar-refractivity contribution in [3.63, 3.8) is 0 Å². The third kappa shape index (κ3) is 2.93. The summed E-state index contributed by atoms with van der Waals surface area (Å²) in [5, 5.41) is 2.88. The Kier molecular flexibility index (Phi) is 3.72. The molecule has 0 saturated heterocycles. The highest BCUT2D eigenvalue weighted by atomic mass is 32.1. The fraction of sp³-hybridized carbons (Fsp3) is 0.133. The second-order valence-electron chi connectivity index (χ2n) is 4.30. The second kappa shape index (κ2) is 5.27. The van der Waals surface area contributed by atoms with Crippen LogP contribution < -0.4 is 5.32 Å². The first-order chi connectivity index (χ1) is 8.56. The van der Waals surface area contributed by atoms with E-state index in [0.29, 0.717) is 5.56 Å². The van der Waals surface area contributed by atoms with E-state index < -0.39 is 0 Å². The highest BCUT2D eigenvalue weighted by Gasteiger charge is 2.06. The summed E-state index contributed by atoms with van der Waals surface area (Å²) in [6.45, 7) is 4.08. The first-order valence-corrected chi connectivity index (χ1v) is 6.18. The summed E-state index contributed by atoms with van der Waals surface area (Å²) in [4.78, 5) is 12.8. The van der Waals surface area contributed by atoms with Gasteiger partial charge in [0.15, 0.2) is 0 Å². The molecule has 0 bridgehead atoms. The average Bonchev–Trinajstić information content (AvgIpc) is 2.34. The van der Waals surface area contributed by atoms with Crippen molar-refractivity contribution in [1.82, 2.24) is 0 Å². The van der Waals surface area contributed by atoms with Gasteiger partial charge in [-0.1, -0.05) is 6.07 Å². The van der Waals surface area contributed by atoms with Gasteiger partial charge >= 0.3 is 0 Å². The smallest absolute Gasteiger partial charge is 0.255 e. The minimum Gasteiger partial charge on any atom is -0.322 e. The molecule has 0 radical (unpaired) electrons. The molecule has 1 amide bonds. The SMILES string of the molecule is Cc1ccc(NC(=O)c2ccc(S)cc2)cc1C. The van der Waals surface area contributed by atoms with Crippen molar-refractivity contribution in [3.8, 4) is 0 Å². The summed E-state index contributed by atoms with van der Waals surface area (Å²) >= 11 is 4.19. The van der Waals surface area contributed by atoms with Gasteiger partial charge in [-0.05, 0) is 61.4 Å². The van der Waals surface area contributed by atoms with Crippen LogP contribution in [-0.4, -0.2) is 5.91 Å². The molecule has 2 rings (SSSR count). The number of nitrogens with one attached hydrogen (secondary N) is 1. The van der Waals surface area contributed by atoms with Gasteiger partial charge in [-0.2, -0.15) is 0 Å². The van der Waals surface area contributed by atoms with Crippen LogP contribution in [0.1, 0.15) is 21.5 Å². The summed E-state index contributed by atoms with van der Waals surface area (Å²) in [7, 11) is 0. The lowest BCUT2D eigenvalue weighted by Crippen LogP contribution is -2.11. The topological polar surface area (TPSA) is 29.1 Å². The Morgan fingerprint density at radius 3 is 2.28 bits per heavy atom. The first-order valence-electron chi connectivity index (χ1n) is 5.74. The van der Waals surface area contributed by atoms with Gasteiger partial charge in [0.1, 0.15) is 0 Å². The van der Waals surface area contributed by atoms with Gasteiger partial charge in [-0.15, -0.1) is 12.6 Å². The Bertz CT molecular complexity index is 576. The van der Waals surface area contributed by atoms with Crippen LogP contribution in [0, 0.1) is 13.8 Å². The number of carbonyl (C=O) groups is 1. The first kappa shape index (κ1) is 12.7. The number of hydrogen-bond donors (Lipinski definition) is 2. The molecule has 0 spiro atoms. The predicted molar refractivity (Wildman–Crippen MR) is 77.6 cm³/mol. The zero-order chi connectivity index (χ0) is 13.1. The zero-order valence-electron chi connectivity index (χ0n) is 10.4. The maximum atomic E-state index is 12.0. The molecule has 3 heteroatoms. The highest BCUT2D eigenvalue weighted by Crippen LogP contribution is 2.15. The number of hydrogen-bond acceptors (Lipinski definition) is 2. The molecule has 2 nitrogen and oxygen atoms in total. The van der Waals surface area contributed by atoms with E-state index in [-0.39, 0.29) is 5.91 Å². The monoisotopic (exact) mass is 257 g/mol. The quantitative estimate of drug-likeness (QED) is 0.786. The van der Waals surface area contributed by atoms with Crippen molar-refractivity contribution in [1.29, 1.82) is 0 Å². The maximum absolute atomic E-state index is 12.0. The molecule has 0 aliphatic rings. The highest BCUT2D eigenvalue weighted by molar-refractivity contribution is 7.80.